The summed E-state index contributed by atoms with van der Waals surface area (Å²) in [5.74, 6) is -0.299. The molecule has 5 heteroatoms. The number of amides is 1. The first-order valence-electron chi connectivity index (χ1n) is 4.20. The molecule has 1 rings (SSSR count). The van der Waals surface area contributed by atoms with Gasteiger partial charge in [-0.15, -0.1) is 6.54 Å². The minimum absolute atomic E-state index is 0. The van der Waals surface area contributed by atoms with E-state index < -0.39 is 0 Å². The summed E-state index contributed by atoms with van der Waals surface area (Å²) >= 11 is 5.60. The molecule has 0 aromatic carbocycles. The Bertz CT molecular complexity index is 288. The quantitative estimate of drug-likeness (QED) is 0.799. The number of halogens is 1. The first kappa shape index (κ1) is 14.1. The number of unbranched alkanes of at least 4 members (excludes halogenated alkanes) is 1. The van der Waals surface area contributed by atoms with Gasteiger partial charge in [-0.1, -0.05) is 19.8 Å². The molecule has 75 valence electrons. The van der Waals surface area contributed by atoms with E-state index in [2.05, 4.69) is 5.32 Å². The van der Waals surface area contributed by atoms with Crippen LogP contribution in [0.25, 0.3) is 5.32 Å². The number of carbonyl (C=O) groups is 1. The zero-order chi connectivity index (χ0) is 9.68. The summed E-state index contributed by atoms with van der Waals surface area (Å²) in [5, 5.41) is 3.95. The van der Waals surface area contributed by atoms with Crippen molar-refractivity contribution in [1.82, 2.24) is 0 Å². The van der Waals surface area contributed by atoms with Crippen molar-refractivity contribution in [2.45, 2.75) is 19.8 Å². The Hall–Kier alpha value is 0.144. The van der Waals surface area contributed by atoms with E-state index in [9.17, 15) is 4.79 Å². The SMILES string of the molecule is CCCC[N-]C(=O)c1ccoc1Cl.[Y]. The second kappa shape index (κ2) is 7.44. The molecule has 0 fully saturated rings. The summed E-state index contributed by atoms with van der Waals surface area (Å²) in [6, 6.07) is 1.53. The molecule has 0 aliphatic rings. The van der Waals surface area contributed by atoms with E-state index in [0.29, 0.717) is 12.1 Å². The molecular formula is C9H11ClNO2Y-. The largest absolute Gasteiger partial charge is 0.649 e. The van der Waals surface area contributed by atoms with Crippen LogP contribution in [0.3, 0.4) is 0 Å². The monoisotopic (exact) mass is 289 g/mol. The Labute approximate surface area is 113 Å². The average molecular weight is 290 g/mol. The van der Waals surface area contributed by atoms with Crippen LogP contribution < -0.4 is 0 Å². The summed E-state index contributed by atoms with van der Waals surface area (Å²) in [6.45, 7) is 2.60. The van der Waals surface area contributed by atoms with Gasteiger partial charge in [0.1, 0.15) is 0 Å². The van der Waals surface area contributed by atoms with E-state index >= 15 is 0 Å². The van der Waals surface area contributed by atoms with Gasteiger partial charge < -0.3 is 14.5 Å². The van der Waals surface area contributed by atoms with Crippen molar-refractivity contribution in [2.24, 2.45) is 0 Å². The summed E-state index contributed by atoms with van der Waals surface area (Å²) in [6.07, 6.45) is 3.32. The van der Waals surface area contributed by atoms with Crippen molar-refractivity contribution in [3.05, 3.63) is 28.4 Å². The Morgan fingerprint density at radius 1 is 1.64 bits per heavy atom. The van der Waals surface area contributed by atoms with Gasteiger partial charge in [0.05, 0.1) is 17.7 Å². The second-order valence-corrected chi connectivity index (χ2v) is 2.99. The van der Waals surface area contributed by atoms with Crippen LogP contribution in [0.5, 0.6) is 0 Å². The molecule has 0 saturated heterocycles. The van der Waals surface area contributed by atoms with E-state index in [4.69, 9.17) is 16.0 Å². The molecule has 0 unspecified atom stereocenters. The number of hydrogen-bond acceptors (Lipinski definition) is 2. The molecule has 0 saturated carbocycles. The minimum Gasteiger partial charge on any atom is -0.649 e. The standard InChI is InChI=1S/C9H12ClNO2.Y/c1-2-3-5-11-9(12)7-4-6-13-8(7)10;/h4,6H,2-3,5H2,1H3,(H,11,12);/p-1. The maximum Gasteiger partial charge on any atom is 0.202 e. The van der Waals surface area contributed by atoms with Crippen molar-refractivity contribution in [2.75, 3.05) is 6.54 Å². The zero-order valence-corrected chi connectivity index (χ0v) is 11.6. The van der Waals surface area contributed by atoms with Crippen LogP contribution in [-0.4, -0.2) is 12.5 Å². The number of rotatable bonds is 4. The molecule has 0 spiro atoms. The molecule has 1 heterocycles. The molecule has 0 bridgehead atoms. The van der Waals surface area contributed by atoms with Crippen molar-refractivity contribution < 1.29 is 41.9 Å². The van der Waals surface area contributed by atoms with Crippen molar-refractivity contribution in [3.63, 3.8) is 0 Å². The number of hydrogen-bond donors (Lipinski definition) is 0. The minimum atomic E-state index is -0.299. The van der Waals surface area contributed by atoms with E-state index in [1.54, 1.807) is 0 Å². The van der Waals surface area contributed by atoms with E-state index in [0.717, 1.165) is 12.8 Å². The van der Waals surface area contributed by atoms with Gasteiger partial charge in [0.2, 0.25) is 5.22 Å². The molecule has 0 aliphatic carbocycles. The Balaban J connectivity index is 0.00000169. The molecule has 1 amide bonds. The fourth-order valence-electron chi connectivity index (χ4n) is 0.870. The third kappa shape index (κ3) is 4.12. The van der Waals surface area contributed by atoms with Gasteiger partial charge in [-0.25, -0.2) is 0 Å². The van der Waals surface area contributed by atoms with Gasteiger partial charge >= 0.3 is 0 Å². The maximum atomic E-state index is 11.3. The van der Waals surface area contributed by atoms with E-state index in [-0.39, 0.29) is 43.8 Å². The fraction of sp³-hybridized carbons (Fsp3) is 0.444. The van der Waals surface area contributed by atoms with Crippen LogP contribution in [0.2, 0.25) is 5.22 Å². The van der Waals surface area contributed by atoms with Crippen molar-refractivity contribution >= 4 is 17.5 Å². The summed E-state index contributed by atoms with van der Waals surface area (Å²) in [5.41, 5.74) is 0.345. The van der Waals surface area contributed by atoms with Crippen LogP contribution in [0.4, 0.5) is 0 Å². The number of nitrogens with zero attached hydrogens (tertiary/aromatic N) is 1. The Morgan fingerprint density at radius 2 is 2.36 bits per heavy atom. The van der Waals surface area contributed by atoms with Gasteiger partial charge in [-0.05, 0) is 17.7 Å². The van der Waals surface area contributed by atoms with Crippen molar-refractivity contribution in [3.8, 4) is 0 Å². The first-order chi connectivity index (χ1) is 6.25. The van der Waals surface area contributed by atoms with E-state index in [1.807, 2.05) is 6.92 Å². The van der Waals surface area contributed by atoms with Crippen LogP contribution >= 0.6 is 11.6 Å². The van der Waals surface area contributed by atoms with Gasteiger partial charge in [0, 0.05) is 32.7 Å². The molecular weight excluding hydrogens is 278 g/mol. The Kier molecular flexibility index (Phi) is 7.51. The third-order valence-electron chi connectivity index (χ3n) is 1.62. The van der Waals surface area contributed by atoms with Crippen LogP contribution in [-0.2, 0) is 32.7 Å². The molecule has 1 aromatic rings. The first-order valence-corrected chi connectivity index (χ1v) is 4.58. The topological polar surface area (TPSA) is 44.3 Å². The summed E-state index contributed by atoms with van der Waals surface area (Å²) in [4.78, 5) is 11.3. The fourth-order valence-corrected chi connectivity index (χ4v) is 1.07. The molecule has 3 nitrogen and oxygen atoms in total. The molecule has 0 aliphatic heterocycles. The van der Waals surface area contributed by atoms with Crippen LogP contribution in [0, 0.1) is 0 Å². The normalized spacial score (nSPS) is 9.29. The number of furan rings is 1. The predicted molar refractivity (Wildman–Crippen MR) is 51.2 cm³/mol. The van der Waals surface area contributed by atoms with Crippen LogP contribution in [0.15, 0.2) is 16.7 Å². The molecule has 1 aromatic heterocycles. The smallest absolute Gasteiger partial charge is 0.202 e. The van der Waals surface area contributed by atoms with E-state index in [1.165, 1.54) is 12.3 Å². The summed E-state index contributed by atoms with van der Waals surface area (Å²) < 4.78 is 4.78. The van der Waals surface area contributed by atoms with Crippen LogP contribution in [0.1, 0.15) is 30.1 Å². The molecule has 14 heavy (non-hydrogen) atoms. The zero-order valence-electron chi connectivity index (χ0n) is 8.00. The molecule has 1 radical (unpaired) electrons. The van der Waals surface area contributed by atoms with Gasteiger partial charge in [0.25, 0.3) is 0 Å². The molecule has 0 atom stereocenters. The second-order valence-electron chi connectivity index (χ2n) is 2.65. The third-order valence-corrected chi connectivity index (χ3v) is 1.91. The molecule has 0 N–H and O–H groups in total. The summed E-state index contributed by atoms with van der Waals surface area (Å²) in [7, 11) is 0. The Morgan fingerprint density at radius 3 is 2.86 bits per heavy atom. The number of carbonyl (C=O) groups excluding carboxylic acids is 1. The van der Waals surface area contributed by atoms with Crippen molar-refractivity contribution in [1.29, 1.82) is 0 Å². The maximum absolute atomic E-state index is 11.3. The van der Waals surface area contributed by atoms with Gasteiger partial charge in [0.15, 0.2) is 0 Å². The average Bonchev–Trinajstić information content (AvgIpc) is 2.52. The van der Waals surface area contributed by atoms with Gasteiger partial charge in [-0.2, -0.15) is 0 Å². The van der Waals surface area contributed by atoms with Gasteiger partial charge in [-0.3, -0.25) is 0 Å². The predicted octanol–water partition coefficient (Wildman–Crippen LogP) is 3.24.